The molecule has 0 amide bonds. The van der Waals surface area contributed by atoms with E-state index in [1.807, 2.05) is 18.5 Å². The fraction of sp³-hybridized carbons (Fsp3) is 0.417. The van der Waals surface area contributed by atoms with E-state index in [0.717, 1.165) is 18.7 Å². The third kappa shape index (κ3) is 2.33. The van der Waals surface area contributed by atoms with Crippen molar-refractivity contribution < 1.29 is 4.42 Å². The molecule has 0 saturated carbocycles. The molecule has 0 aliphatic heterocycles. The number of hydrogen-bond acceptors (Lipinski definition) is 4. The van der Waals surface area contributed by atoms with Crippen molar-refractivity contribution in [1.29, 1.82) is 0 Å². The van der Waals surface area contributed by atoms with E-state index >= 15 is 0 Å². The van der Waals surface area contributed by atoms with Gasteiger partial charge in [0.25, 0.3) is 0 Å². The van der Waals surface area contributed by atoms with Gasteiger partial charge in [0.05, 0.1) is 29.8 Å². The van der Waals surface area contributed by atoms with Crippen LogP contribution >= 0.6 is 11.3 Å². The summed E-state index contributed by atoms with van der Waals surface area (Å²) in [6.07, 6.45) is 4.63. The molecule has 4 heteroatoms. The van der Waals surface area contributed by atoms with E-state index in [-0.39, 0.29) is 6.04 Å². The van der Waals surface area contributed by atoms with Crippen LogP contribution in [0, 0.1) is 6.92 Å². The molecule has 0 aliphatic carbocycles. The maximum absolute atomic E-state index is 5.16. The molecule has 0 aromatic carbocycles. The zero-order valence-corrected chi connectivity index (χ0v) is 10.4. The minimum absolute atomic E-state index is 0.214. The molecule has 3 nitrogen and oxygen atoms in total. The van der Waals surface area contributed by atoms with Crippen molar-refractivity contribution in [1.82, 2.24) is 10.3 Å². The monoisotopic (exact) mass is 236 g/mol. The summed E-state index contributed by atoms with van der Waals surface area (Å²) in [6.45, 7) is 5.21. The average molecular weight is 236 g/mol. The standard InChI is InChI=1S/C12H16N2OS/c1-3-5-13-11(10-4-6-15-7-10)12-9(2)14-8-16-12/h4,6-8,11,13H,3,5H2,1-2H3. The average Bonchev–Trinajstić information content (AvgIpc) is 2.91. The van der Waals surface area contributed by atoms with Gasteiger partial charge in [0.2, 0.25) is 0 Å². The van der Waals surface area contributed by atoms with E-state index < -0.39 is 0 Å². The molecule has 0 bridgehead atoms. The van der Waals surface area contributed by atoms with Gasteiger partial charge in [-0.2, -0.15) is 0 Å². The van der Waals surface area contributed by atoms with Crippen LogP contribution in [0.1, 0.15) is 35.5 Å². The highest BCUT2D eigenvalue weighted by atomic mass is 32.1. The molecule has 16 heavy (non-hydrogen) atoms. The third-order valence-electron chi connectivity index (χ3n) is 2.52. The summed E-state index contributed by atoms with van der Waals surface area (Å²) < 4.78 is 5.16. The van der Waals surface area contributed by atoms with Crippen LogP contribution in [0.5, 0.6) is 0 Å². The molecule has 2 heterocycles. The summed E-state index contributed by atoms with van der Waals surface area (Å²) in [4.78, 5) is 5.58. The maximum atomic E-state index is 5.16. The first-order valence-electron chi connectivity index (χ1n) is 5.48. The SMILES string of the molecule is CCCNC(c1ccoc1)c1scnc1C. The lowest BCUT2D eigenvalue weighted by Gasteiger charge is -2.15. The summed E-state index contributed by atoms with van der Waals surface area (Å²) >= 11 is 1.69. The number of nitrogens with zero attached hydrogens (tertiary/aromatic N) is 1. The van der Waals surface area contributed by atoms with E-state index in [2.05, 4.69) is 17.2 Å². The topological polar surface area (TPSA) is 38.1 Å². The summed E-state index contributed by atoms with van der Waals surface area (Å²) in [5.41, 5.74) is 4.16. The lowest BCUT2D eigenvalue weighted by molar-refractivity contribution is 0.549. The van der Waals surface area contributed by atoms with E-state index in [1.54, 1.807) is 23.9 Å². The van der Waals surface area contributed by atoms with Crippen molar-refractivity contribution >= 4 is 11.3 Å². The number of rotatable bonds is 5. The quantitative estimate of drug-likeness (QED) is 0.866. The predicted octanol–water partition coefficient (Wildman–Crippen LogP) is 3.13. The minimum Gasteiger partial charge on any atom is -0.472 e. The minimum atomic E-state index is 0.214. The molecule has 0 saturated heterocycles. The van der Waals surface area contributed by atoms with Gasteiger partial charge in [0.15, 0.2) is 0 Å². The van der Waals surface area contributed by atoms with Gasteiger partial charge in [-0.25, -0.2) is 4.98 Å². The summed E-state index contributed by atoms with van der Waals surface area (Å²) in [5, 5.41) is 3.53. The van der Waals surface area contributed by atoms with Crippen LogP contribution in [0.4, 0.5) is 0 Å². The lowest BCUT2D eigenvalue weighted by atomic mass is 10.1. The Bertz CT molecular complexity index is 422. The largest absolute Gasteiger partial charge is 0.472 e. The fourth-order valence-corrected chi connectivity index (χ4v) is 2.58. The van der Waals surface area contributed by atoms with Crippen molar-refractivity contribution in [3.8, 4) is 0 Å². The summed E-state index contributed by atoms with van der Waals surface area (Å²) in [5.74, 6) is 0. The highest BCUT2D eigenvalue weighted by Crippen LogP contribution is 2.28. The second-order valence-electron chi connectivity index (χ2n) is 3.75. The van der Waals surface area contributed by atoms with Crippen LogP contribution in [-0.2, 0) is 0 Å². The van der Waals surface area contributed by atoms with Gasteiger partial charge in [0, 0.05) is 10.4 Å². The van der Waals surface area contributed by atoms with Crippen molar-refractivity contribution in [2.45, 2.75) is 26.3 Å². The molecule has 2 rings (SSSR count). The van der Waals surface area contributed by atoms with Crippen LogP contribution < -0.4 is 5.32 Å². The van der Waals surface area contributed by atoms with Crippen molar-refractivity contribution in [3.63, 3.8) is 0 Å². The molecule has 86 valence electrons. The number of thiazole rings is 1. The predicted molar refractivity (Wildman–Crippen MR) is 65.7 cm³/mol. The Morgan fingerprint density at radius 2 is 2.44 bits per heavy atom. The normalized spacial score (nSPS) is 12.9. The molecular weight excluding hydrogens is 220 g/mol. The molecule has 1 atom stereocenters. The fourth-order valence-electron chi connectivity index (χ4n) is 1.68. The number of aromatic nitrogens is 1. The summed E-state index contributed by atoms with van der Waals surface area (Å²) in [6, 6.07) is 2.22. The zero-order valence-electron chi connectivity index (χ0n) is 9.56. The zero-order chi connectivity index (χ0) is 11.4. The van der Waals surface area contributed by atoms with Gasteiger partial charge in [-0.1, -0.05) is 6.92 Å². The van der Waals surface area contributed by atoms with Gasteiger partial charge in [0.1, 0.15) is 0 Å². The molecule has 0 radical (unpaired) electrons. The van der Waals surface area contributed by atoms with E-state index in [1.165, 1.54) is 10.4 Å². The van der Waals surface area contributed by atoms with Gasteiger partial charge < -0.3 is 9.73 Å². The molecule has 1 N–H and O–H groups in total. The smallest absolute Gasteiger partial charge is 0.0954 e. The molecule has 2 aromatic heterocycles. The first-order chi connectivity index (χ1) is 7.83. The van der Waals surface area contributed by atoms with E-state index in [9.17, 15) is 0 Å². The van der Waals surface area contributed by atoms with Crippen LogP contribution in [0.25, 0.3) is 0 Å². The van der Waals surface area contributed by atoms with Gasteiger partial charge in [-0.05, 0) is 26.0 Å². The molecule has 0 fully saturated rings. The van der Waals surface area contributed by atoms with Crippen molar-refractivity contribution in [2.75, 3.05) is 6.54 Å². The number of hydrogen-bond donors (Lipinski definition) is 1. The molecule has 2 aromatic rings. The first-order valence-corrected chi connectivity index (χ1v) is 6.36. The Kier molecular flexibility index (Phi) is 3.74. The Morgan fingerprint density at radius 3 is 3.00 bits per heavy atom. The van der Waals surface area contributed by atoms with Crippen LogP contribution in [0.15, 0.2) is 28.5 Å². The maximum Gasteiger partial charge on any atom is 0.0954 e. The second-order valence-corrected chi connectivity index (χ2v) is 4.63. The summed E-state index contributed by atoms with van der Waals surface area (Å²) in [7, 11) is 0. The Balaban J connectivity index is 2.25. The highest BCUT2D eigenvalue weighted by molar-refractivity contribution is 7.09. The number of nitrogens with one attached hydrogen (secondary N) is 1. The molecular formula is C12H16N2OS. The van der Waals surface area contributed by atoms with Crippen LogP contribution in [0.2, 0.25) is 0 Å². The van der Waals surface area contributed by atoms with E-state index in [4.69, 9.17) is 4.42 Å². The van der Waals surface area contributed by atoms with Crippen molar-refractivity contribution in [3.05, 3.63) is 40.2 Å². The van der Waals surface area contributed by atoms with Gasteiger partial charge in [-0.15, -0.1) is 11.3 Å². The Hall–Kier alpha value is -1.13. The van der Waals surface area contributed by atoms with Crippen molar-refractivity contribution in [2.24, 2.45) is 0 Å². The first kappa shape index (κ1) is 11.4. The van der Waals surface area contributed by atoms with Gasteiger partial charge in [-0.3, -0.25) is 0 Å². The number of furan rings is 1. The van der Waals surface area contributed by atoms with E-state index in [0.29, 0.717) is 0 Å². The van der Waals surface area contributed by atoms with Gasteiger partial charge >= 0.3 is 0 Å². The second kappa shape index (κ2) is 5.27. The molecule has 1 unspecified atom stereocenters. The molecule has 0 aliphatic rings. The Morgan fingerprint density at radius 1 is 1.56 bits per heavy atom. The highest BCUT2D eigenvalue weighted by Gasteiger charge is 2.18. The number of aryl methyl sites for hydroxylation is 1. The molecule has 0 spiro atoms. The Labute approximate surface area is 99.5 Å². The third-order valence-corrected chi connectivity index (χ3v) is 3.52. The lowest BCUT2D eigenvalue weighted by Crippen LogP contribution is -2.22. The van der Waals surface area contributed by atoms with Crippen LogP contribution in [-0.4, -0.2) is 11.5 Å². The van der Waals surface area contributed by atoms with Crippen LogP contribution in [0.3, 0.4) is 0 Å².